The Morgan fingerprint density at radius 3 is 1.58 bits per heavy atom. The Bertz CT molecular complexity index is 328. The highest BCUT2D eigenvalue weighted by Crippen LogP contribution is 2.13. The van der Waals surface area contributed by atoms with Gasteiger partial charge in [0, 0.05) is 6.42 Å². The second kappa shape index (κ2) is 20.2. The second-order valence-corrected chi connectivity index (χ2v) is 6.48. The molecular formula is C20H36F4O2. The van der Waals surface area contributed by atoms with E-state index in [1.807, 2.05) is 0 Å². The highest BCUT2D eigenvalue weighted by molar-refractivity contribution is 5.66. The predicted octanol–water partition coefficient (Wildman–Crippen LogP) is 7.63. The molecule has 0 unspecified atom stereocenters. The van der Waals surface area contributed by atoms with E-state index < -0.39 is 18.8 Å². The molecule has 0 rings (SSSR count). The summed E-state index contributed by atoms with van der Waals surface area (Å²) in [6.45, 7) is 0.0297. The van der Waals surface area contributed by atoms with E-state index in [4.69, 9.17) is 5.11 Å². The fraction of sp³-hybridized carbons (Fsp3) is 0.850. The normalized spacial score (nSPS) is 11.4. The summed E-state index contributed by atoms with van der Waals surface area (Å²) in [5.41, 5.74) is 0. The minimum atomic E-state index is -4.62. The first-order valence-electron chi connectivity index (χ1n) is 9.83. The van der Waals surface area contributed by atoms with E-state index in [0.29, 0.717) is 6.42 Å². The minimum Gasteiger partial charge on any atom is -0.481 e. The Labute approximate surface area is 156 Å². The highest BCUT2D eigenvalue weighted by atomic mass is 19.4. The van der Waals surface area contributed by atoms with Gasteiger partial charge < -0.3 is 5.11 Å². The van der Waals surface area contributed by atoms with Crippen LogP contribution in [0.4, 0.5) is 17.6 Å². The van der Waals surface area contributed by atoms with Gasteiger partial charge in [-0.15, -0.1) is 0 Å². The molecule has 0 saturated heterocycles. The highest BCUT2D eigenvalue weighted by Gasteiger charge is 2.26. The van der Waals surface area contributed by atoms with Gasteiger partial charge >= 0.3 is 12.1 Å². The number of allylic oxidation sites excluding steroid dienone is 2. The Morgan fingerprint density at radius 1 is 0.808 bits per heavy atom. The summed E-state index contributed by atoms with van der Waals surface area (Å²) < 4.78 is 41.6. The number of unbranched alkanes of at least 4 members (excludes halogenated alkanes) is 11. The van der Waals surface area contributed by atoms with Crippen LogP contribution in [-0.2, 0) is 4.79 Å². The van der Waals surface area contributed by atoms with Gasteiger partial charge in [0.25, 0.3) is 0 Å². The van der Waals surface area contributed by atoms with Crippen molar-refractivity contribution in [2.24, 2.45) is 0 Å². The summed E-state index contributed by atoms with van der Waals surface area (Å²) in [6, 6.07) is 0. The van der Waals surface area contributed by atoms with Crippen molar-refractivity contribution in [3.63, 3.8) is 0 Å². The molecule has 0 aliphatic carbocycles. The number of carboxylic acids is 1. The van der Waals surface area contributed by atoms with Crippen LogP contribution in [0.5, 0.6) is 0 Å². The van der Waals surface area contributed by atoms with Crippen LogP contribution in [0.15, 0.2) is 12.2 Å². The van der Waals surface area contributed by atoms with Crippen LogP contribution in [-0.4, -0.2) is 23.9 Å². The van der Waals surface area contributed by atoms with Crippen molar-refractivity contribution >= 4 is 5.97 Å². The van der Waals surface area contributed by atoms with Crippen molar-refractivity contribution in [2.45, 2.75) is 103 Å². The number of hydrogen-bond acceptors (Lipinski definition) is 1. The van der Waals surface area contributed by atoms with Gasteiger partial charge in [-0.1, -0.05) is 70.4 Å². The molecule has 0 aliphatic heterocycles. The van der Waals surface area contributed by atoms with Gasteiger partial charge in [0.15, 0.2) is 6.67 Å². The average Bonchev–Trinajstić information content (AvgIpc) is 2.58. The quantitative estimate of drug-likeness (QED) is 0.179. The van der Waals surface area contributed by atoms with Gasteiger partial charge in [0.05, 0.1) is 0 Å². The predicted molar refractivity (Wildman–Crippen MR) is 99.1 cm³/mol. The van der Waals surface area contributed by atoms with E-state index in [1.165, 1.54) is 70.6 Å². The second-order valence-electron chi connectivity index (χ2n) is 6.48. The molecule has 0 aromatic heterocycles. The van der Waals surface area contributed by atoms with E-state index in [-0.39, 0.29) is 0 Å². The zero-order chi connectivity index (χ0) is 20.1. The fourth-order valence-corrected chi connectivity index (χ4v) is 2.35. The van der Waals surface area contributed by atoms with Gasteiger partial charge in [-0.3, -0.25) is 4.79 Å². The number of rotatable bonds is 15. The van der Waals surface area contributed by atoms with Crippen molar-refractivity contribution in [3.8, 4) is 0 Å². The summed E-state index contributed by atoms with van der Waals surface area (Å²) in [5, 5.41) is 8.51. The van der Waals surface area contributed by atoms with Crippen molar-refractivity contribution in [3.05, 3.63) is 12.2 Å². The molecule has 26 heavy (non-hydrogen) atoms. The maximum atomic E-state index is 10.4. The molecule has 0 saturated carbocycles. The lowest BCUT2D eigenvalue weighted by atomic mass is 10.1. The third-order valence-corrected chi connectivity index (χ3v) is 3.80. The van der Waals surface area contributed by atoms with E-state index in [1.54, 1.807) is 0 Å². The Hall–Kier alpha value is -1.07. The van der Waals surface area contributed by atoms with Crippen molar-refractivity contribution in [1.82, 2.24) is 0 Å². The minimum absolute atomic E-state index is 0.332. The van der Waals surface area contributed by atoms with Crippen LogP contribution in [0.25, 0.3) is 0 Å². The Balaban J connectivity index is 0. The average molecular weight is 384 g/mol. The molecule has 0 atom stereocenters. The van der Waals surface area contributed by atoms with Crippen LogP contribution in [0, 0.1) is 0 Å². The third kappa shape index (κ3) is 30.8. The van der Waals surface area contributed by atoms with Crippen molar-refractivity contribution in [1.29, 1.82) is 0 Å². The van der Waals surface area contributed by atoms with Gasteiger partial charge in [0.2, 0.25) is 0 Å². The number of aliphatic carboxylic acids is 1. The molecule has 6 heteroatoms. The molecule has 0 radical (unpaired) electrons. The van der Waals surface area contributed by atoms with Gasteiger partial charge in [-0.25, -0.2) is 4.39 Å². The van der Waals surface area contributed by atoms with E-state index in [9.17, 15) is 22.4 Å². The Morgan fingerprint density at radius 2 is 1.19 bits per heavy atom. The first-order valence-corrected chi connectivity index (χ1v) is 9.83. The zero-order valence-corrected chi connectivity index (χ0v) is 16.1. The first-order chi connectivity index (χ1) is 12.3. The van der Waals surface area contributed by atoms with Crippen LogP contribution in [0.1, 0.15) is 96.8 Å². The summed E-state index contributed by atoms with van der Waals surface area (Å²) in [7, 11) is 0. The summed E-state index contributed by atoms with van der Waals surface area (Å²) in [6.07, 6.45) is 16.6. The number of alkyl halides is 4. The molecule has 0 spiro atoms. The topological polar surface area (TPSA) is 37.3 Å². The molecule has 0 fully saturated rings. The van der Waals surface area contributed by atoms with Crippen LogP contribution in [0.3, 0.4) is 0 Å². The lowest BCUT2D eigenvalue weighted by Gasteiger charge is -1.99. The molecule has 0 aromatic carbocycles. The number of halogens is 4. The molecule has 2 nitrogen and oxygen atoms in total. The molecular weight excluding hydrogens is 348 g/mol. The molecule has 0 amide bonds. The largest absolute Gasteiger partial charge is 0.481 e. The molecule has 156 valence electrons. The van der Waals surface area contributed by atoms with Crippen molar-refractivity contribution in [2.75, 3.05) is 6.67 Å². The van der Waals surface area contributed by atoms with Gasteiger partial charge in [-0.05, 0) is 32.1 Å². The SMILES string of the molecule is CCCCCCCC/C=C\CCCCCCCC(=O)O.FCC(F)(F)F. The number of carboxylic acid groups (broad SMARTS) is 1. The third-order valence-electron chi connectivity index (χ3n) is 3.80. The zero-order valence-electron chi connectivity index (χ0n) is 16.1. The maximum absolute atomic E-state index is 10.4. The summed E-state index contributed by atoms with van der Waals surface area (Å²) in [5.74, 6) is -0.664. The van der Waals surface area contributed by atoms with Crippen LogP contribution >= 0.6 is 0 Å². The monoisotopic (exact) mass is 384 g/mol. The summed E-state index contributed by atoms with van der Waals surface area (Å²) in [4.78, 5) is 10.3. The molecule has 0 aliphatic rings. The lowest BCUT2D eigenvalue weighted by molar-refractivity contribution is -0.142. The van der Waals surface area contributed by atoms with E-state index in [2.05, 4.69) is 19.1 Å². The van der Waals surface area contributed by atoms with E-state index >= 15 is 0 Å². The molecule has 0 heterocycles. The lowest BCUT2D eigenvalue weighted by Crippen LogP contribution is -2.08. The number of hydrogen-bond donors (Lipinski definition) is 1. The smallest absolute Gasteiger partial charge is 0.416 e. The maximum Gasteiger partial charge on any atom is 0.416 e. The number of carbonyl (C=O) groups is 1. The van der Waals surface area contributed by atoms with E-state index in [0.717, 1.165) is 12.8 Å². The molecule has 1 N–H and O–H groups in total. The van der Waals surface area contributed by atoms with Gasteiger partial charge in [-0.2, -0.15) is 13.2 Å². The molecule has 0 bridgehead atoms. The molecule has 0 aromatic rings. The summed E-state index contributed by atoms with van der Waals surface area (Å²) >= 11 is 0. The first kappa shape index (κ1) is 27.2. The van der Waals surface area contributed by atoms with Crippen LogP contribution < -0.4 is 0 Å². The fourth-order valence-electron chi connectivity index (χ4n) is 2.35. The van der Waals surface area contributed by atoms with Crippen molar-refractivity contribution < 1.29 is 27.5 Å². The van der Waals surface area contributed by atoms with Gasteiger partial charge in [0.1, 0.15) is 0 Å². The Kier molecular flexibility index (Phi) is 21.1. The standard InChI is InChI=1S/C18H34O2.C2H2F4/c1-2-3-4-5-6-7-8-9-10-11-12-13-14-15-16-17-18(19)20;3-1-2(4,5)6/h9-10H,2-8,11-17H2,1H3,(H,19,20);1H2/b10-9-;. The van der Waals surface area contributed by atoms with Crippen LogP contribution in [0.2, 0.25) is 0 Å².